The molecule has 170 valence electrons. The van der Waals surface area contributed by atoms with E-state index in [2.05, 4.69) is 9.97 Å². The van der Waals surface area contributed by atoms with Gasteiger partial charge in [-0.2, -0.15) is 0 Å². The van der Waals surface area contributed by atoms with E-state index in [0.29, 0.717) is 34.0 Å². The van der Waals surface area contributed by atoms with Gasteiger partial charge in [-0.1, -0.05) is 35.9 Å². The number of benzene rings is 3. The monoisotopic (exact) mass is 464 g/mol. The Hall–Kier alpha value is -3.65. The quantitative estimate of drug-likeness (QED) is 0.395. The third-order valence-electron chi connectivity index (χ3n) is 5.29. The van der Waals surface area contributed by atoms with Crippen molar-refractivity contribution >= 4 is 20.7 Å². The molecule has 4 rings (SSSR count). The second kappa shape index (κ2) is 9.07. The van der Waals surface area contributed by atoms with Gasteiger partial charge in [0.15, 0.2) is 21.3 Å². The summed E-state index contributed by atoms with van der Waals surface area (Å²) in [5.74, 6) is 1.30. The first-order valence-corrected chi connectivity index (χ1v) is 11.9. The van der Waals surface area contributed by atoms with E-state index in [1.165, 1.54) is 7.11 Å². The summed E-state index contributed by atoms with van der Waals surface area (Å²) in [5.41, 5.74) is 2.90. The molecule has 0 unspecified atom stereocenters. The summed E-state index contributed by atoms with van der Waals surface area (Å²) in [6.07, 6.45) is 0. The zero-order chi connectivity index (χ0) is 23.6. The molecular formula is C25H24N2O5S. The molecule has 0 aliphatic rings. The number of sulfone groups is 1. The molecule has 0 saturated heterocycles. The predicted molar refractivity (Wildman–Crippen MR) is 127 cm³/mol. The lowest BCUT2D eigenvalue weighted by atomic mass is 10.0. The maximum absolute atomic E-state index is 13.0. The minimum absolute atomic E-state index is 0.207. The van der Waals surface area contributed by atoms with Crippen molar-refractivity contribution in [3.05, 3.63) is 72.1 Å². The van der Waals surface area contributed by atoms with Crippen LogP contribution in [0.5, 0.6) is 17.2 Å². The molecule has 0 spiro atoms. The van der Waals surface area contributed by atoms with E-state index < -0.39 is 9.84 Å². The fraction of sp³-hybridized carbons (Fsp3) is 0.200. The number of aryl methyl sites for hydroxylation is 1. The molecule has 0 aliphatic carbocycles. The van der Waals surface area contributed by atoms with Crippen molar-refractivity contribution in [1.29, 1.82) is 0 Å². The van der Waals surface area contributed by atoms with Crippen molar-refractivity contribution in [1.82, 2.24) is 9.97 Å². The zero-order valence-corrected chi connectivity index (χ0v) is 19.6. The number of ether oxygens (including phenoxy) is 3. The van der Waals surface area contributed by atoms with E-state index in [1.54, 1.807) is 50.6 Å². The molecule has 1 heterocycles. The summed E-state index contributed by atoms with van der Waals surface area (Å²) >= 11 is 0. The standard InChI is InChI=1S/C25H24N2O5S/c1-16-9-11-18(12-10-16)33(28,29)15-23-26-20-8-6-5-7-19(20)24(27-23)17-13-21(30-2)25(32-4)22(14-17)31-3/h5-14H,15H2,1-4H3. The smallest absolute Gasteiger partial charge is 0.203 e. The Morgan fingerprint density at radius 2 is 1.45 bits per heavy atom. The van der Waals surface area contributed by atoms with Gasteiger partial charge in [-0.25, -0.2) is 18.4 Å². The lowest BCUT2D eigenvalue weighted by Gasteiger charge is -2.15. The molecular weight excluding hydrogens is 440 g/mol. The Labute approximate surface area is 192 Å². The fourth-order valence-electron chi connectivity index (χ4n) is 3.63. The molecule has 0 atom stereocenters. The van der Waals surface area contributed by atoms with Crippen LogP contribution in [0.4, 0.5) is 0 Å². The number of aromatic nitrogens is 2. The normalized spacial score (nSPS) is 11.4. The number of methoxy groups -OCH3 is 3. The van der Waals surface area contributed by atoms with E-state index >= 15 is 0 Å². The van der Waals surface area contributed by atoms with E-state index in [4.69, 9.17) is 14.2 Å². The molecule has 8 heteroatoms. The Morgan fingerprint density at radius 3 is 2.06 bits per heavy atom. The highest BCUT2D eigenvalue weighted by Gasteiger charge is 2.21. The van der Waals surface area contributed by atoms with Gasteiger partial charge in [0.1, 0.15) is 11.6 Å². The highest BCUT2D eigenvalue weighted by atomic mass is 32.2. The number of hydrogen-bond donors (Lipinski definition) is 0. The largest absolute Gasteiger partial charge is 0.493 e. The summed E-state index contributed by atoms with van der Waals surface area (Å²) in [5, 5.41) is 0.781. The number of para-hydroxylation sites is 1. The molecule has 0 aliphatic heterocycles. The lowest BCUT2D eigenvalue weighted by molar-refractivity contribution is 0.324. The van der Waals surface area contributed by atoms with Crippen LogP contribution in [0, 0.1) is 6.92 Å². The Balaban J connectivity index is 1.87. The number of hydrogen-bond acceptors (Lipinski definition) is 7. The first-order valence-electron chi connectivity index (χ1n) is 10.2. The van der Waals surface area contributed by atoms with Gasteiger partial charge in [-0.05, 0) is 37.3 Å². The van der Waals surface area contributed by atoms with Crippen LogP contribution in [-0.2, 0) is 15.6 Å². The van der Waals surface area contributed by atoms with E-state index in [9.17, 15) is 8.42 Å². The average Bonchev–Trinajstić information content (AvgIpc) is 2.82. The average molecular weight is 465 g/mol. The third-order valence-corrected chi connectivity index (χ3v) is 6.92. The minimum Gasteiger partial charge on any atom is -0.493 e. The van der Waals surface area contributed by atoms with Gasteiger partial charge in [0.2, 0.25) is 5.75 Å². The Bertz CT molecular complexity index is 1390. The van der Waals surface area contributed by atoms with Gasteiger partial charge in [0.05, 0.1) is 37.4 Å². The molecule has 0 amide bonds. The third kappa shape index (κ3) is 4.47. The van der Waals surface area contributed by atoms with Crippen LogP contribution in [0.25, 0.3) is 22.2 Å². The maximum atomic E-state index is 13.0. The molecule has 7 nitrogen and oxygen atoms in total. The molecule has 1 aromatic heterocycles. The molecule has 0 saturated carbocycles. The maximum Gasteiger partial charge on any atom is 0.203 e. The summed E-state index contributed by atoms with van der Waals surface area (Å²) in [4.78, 5) is 9.43. The van der Waals surface area contributed by atoms with Crippen LogP contribution in [-0.4, -0.2) is 39.7 Å². The second-order valence-electron chi connectivity index (χ2n) is 7.49. The summed E-state index contributed by atoms with van der Waals surface area (Å²) in [7, 11) is 0.988. The van der Waals surface area contributed by atoms with Crippen LogP contribution in [0.2, 0.25) is 0 Å². The van der Waals surface area contributed by atoms with Gasteiger partial charge in [-0.3, -0.25) is 0 Å². The van der Waals surface area contributed by atoms with Gasteiger partial charge >= 0.3 is 0 Å². The first kappa shape index (κ1) is 22.5. The zero-order valence-electron chi connectivity index (χ0n) is 18.8. The molecule has 4 aromatic rings. The van der Waals surface area contributed by atoms with Crippen molar-refractivity contribution in [2.75, 3.05) is 21.3 Å². The molecule has 0 radical (unpaired) electrons. The predicted octanol–water partition coefficient (Wildman–Crippen LogP) is 4.60. The van der Waals surface area contributed by atoms with Crippen LogP contribution >= 0.6 is 0 Å². The number of fused-ring (bicyclic) bond motifs is 1. The summed E-state index contributed by atoms with van der Waals surface area (Å²) in [6.45, 7) is 1.91. The number of rotatable bonds is 7. The van der Waals surface area contributed by atoms with Crippen LogP contribution in [0.3, 0.4) is 0 Å². The Morgan fingerprint density at radius 1 is 0.818 bits per heavy atom. The van der Waals surface area contributed by atoms with E-state index in [0.717, 1.165) is 10.9 Å². The highest BCUT2D eigenvalue weighted by Crippen LogP contribution is 2.42. The molecule has 0 bridgehead atoms. The second-order valence-corrected chi connectivity index (χ2v) is 9.48. The van der Waals surface area contributed by atoms with Gasteiger partial charge in [-0.15, -0.1) is 0 Å². The van der Waals surface area contributed by atoms with Crippen molar-refractivity contribution < 1.29 is 22.6 Å². The Kier molecular flexibility index (Phi) is 6.20. The van der Waals surface area contributed by atoms with Crippen molar-refractivity contribution in [2.24, 2.45) is 0 Å². The van der Waals surface area contributed by atoms with E-state index in [1.807, 2.05) is 31.2 Å². The van der Waals surface area contributed by atoms with E-state index in [-0.39, 0.29) is 16.5 Å². The van der Waals surface area contributed by atoms with Gasteiger partial charge in [0.25, 0.3) is 0 Å². The van der Waals surface area contributed by atoms with Gasteiger partial charge < -0.3 is 14.2 Å². The summed E-state index contributed by atoms with van der Waals surface area (Å²) in [6, 6.07) is 17.8. The fourth-order valence-corrected chi connectivity index (χ4v) is 4.81. The SMILES string of the molecule is COc1cc(-c2nc(CS(=O)(=O)c3ccc(C)cc3)nc3ccccc23)cc(OC)c1OC. The first-order chi connectivity index (χ1) is 15.9. The van der Waals surface area contributed by atoms with Crippen molar-refractivity contribution in [3.63, 3.8) is 0 Å². The lowest BCUT2D eigenvalue weighted by Crippen LogP contribution is -2.09. The van der Waals surface area contributed by atoms with Crippen LogP contribution in [0.15, 0.2) is 65.6 Å². The number of nitrogens with zero attached hydrogens (tertiary/aromatic N) is 2. The topological polar surface area (TPSA) is 87.6 Å². The highest BCUT2D eigenvalue weighted by molar-refractivity contribution is 7.90. The van der Waals surface area contributed by atoms with Crippen molar-refractivity contribution in [3.8, 4) is 28.5 Å². The molecule has 33 heavy (non-hydrogen) atoms. The van der Waals surface area contributed by atoms with Crippen LogP contribution < -0.4 is 14.2 Å². The van der Waals surface area contributed by atoms with Crippen molar-refractivity contribution in [2.45, 2.75) is 17.6 Å². The summed E-state index contributed by atoms with van der Waals surface area (Å²) < 4.78 is 42.5. The van der Waals surface area contributed by atoms with Crippen LogP contribution in [0.1, 0.15) is 11.4 Å². The van der Waals surface area contributed by atoms with Gasteiger partial charge in [0, 0.05) is 10.9 Å². The minimum atomic E-state index is -3.63. The molecule has 3 aromatic carbocycles. The molecule has 0 N–H and O–H groups in total. The molecule has 0 fully saturated rings.